The fraction of sp³-hybridized carbons (Fsp3) is 0.533. The minimum absolute atomic E-state index is 0.000783. The number of aromatic carboxylic acids is 1. The maximum atomic E-state index is 12.3. The minimum Gasteiger partial charge on any atom is -0.478 e. The molecule has 1 N–H and O–H groups in total. The quantitative estimate of drug-likeness (QED) is 0.795. The highest BCUT2D eigenvalue weighted by Gasteiger charge is 2.19. The molecular formula is C15H23NO4S. The Morgan fingerprint density at radius 2 is 1.81 bits per heavy atom. The largest absolute Gasteiger partial charge is 0.478 e. The molecule has 0 radical (unpaired) electrons. The summed E-state index contributed by atoms with van der Waals surface area (Å²) >= 11 is 0. The molecule has 0 aliphatic rings. The van der Waals surface area contributed by atoms with Gasteiger partial charge in [0, 0.05) is 6.54 Å². The van der Waals surface area contributed by atoms with Crippen LogP contribution >= 0.6 is 0 Å². The molecule has 118 valence electrons. The molecule has 1 rings (SSSR count). The lowest BCUT2D eigenvalue weighted by Crippen LogP contribution is -2.29. The van der Waals surface area contributed by atoms with Crippen LogP contribution in [0.25, 0.3) is 0 Å². The monoisotopic (exact) mass is 313 g/mol. The SMILES string of the molecule is CCc1ccc(S(=O)(=O)CCN(CC)CC)cc1C(=O)O. The van der Waals surface area contributed by atoms with E-state index < -0.39 is 15.8 Å². The van der Waals surface area contributed by atoms with E-state index >= 15 is 0 Å². The van der Waals surface area contributed by atoms with E-state index in [9.17, 15) is 18.3 Å². The molecule has 1 aromatic carbocycles. The van der Waals surface area contributed by atoms with Crippen LogP contribution < -0.4 is 0 Å². The second kappa shape index (κ2) is 7.56. The molecule has 0 atom stereocenters. The van der Waals surface area contributed by atoms with Crippen molar-refractivity contribution >= 4 is 15.8 Å². The molecule has 0 aromatic heterocycles. The Balaban J connectivity index is 3.03. The highest BCUT2D eigenvalue weighted by Crippen LogP contribution is 2.18. The second-order valence-corrected chi connectivity index (χ2v) is 6.93. The molecule has 0 amide bonds. The van der Waals surface area contributed by atoms with Gasteiger partial charge < -0.3 is 10.0 Å². The summed E-state index contributed by atoms with van der Waals surface area (Å²) in [4.78, 5) is 13.3. The van der Waals surface area contributed by atoms with Gasteiger partial charge in [0.2, 0.25) is 0 Å². The van der Waals surface area contributed by atoms with E-state index in [1.54, 1.807) is 6.07 Å². The lowest BCUT2D eigenvalue weighted by atomic mass is 10.1. The van der Waals surface area contributed by atoms with Gasteiger partial charge in [-0.05, 0) is 37.2 Å². The lowest BCUT2D eigenvalue weighted by Gasteiger charge is -2.17. The van der Waals surface area contributed by atoms with Gasteiger partial charge in [-0.2, -0.15) is 0 Å². The minimum atomic E-state index is -3.46. The first-order valence-electron chi connectivity index (χ1n) is 7.17. The Morgan fingerprint density at radius 3 is 2.29 bits per heavy atom. The number of carboxylic acid groups (broad SMARTS) is 1. The molecule has 0 heterocycles. The van der Waals surface area contributed by atoms with Crippen LogP contribution in [0.3, 0.4) is 0 Å². The van der Waals surface area contributed by atoms with E-state index in [0.29, 0.717) is 18.5 Å². The standard InChI is InChI=1S/C15H23NO4S/c1-4-12-7-8-13(11-14(12)15(17)18)21(19,20)10-9-16(5-2)6-3/h7-8,11H,4-6,9-10H2,1-3H3,(H,17,18). The molecule has 0 spiro atoms. The topological polar surface area (TPSA) is 74.7 Å². The van der Waals surface area contributed by atoms with Gasteiger partial charge in [-0.15, -0.1) is 0 Å². The van der Waals surface area contributed by atoms with Gasteiger partial charge in [0.05, 0.1) is 16.2 Å². The smallest absolute Gasteiger partial charge is 0.336 e. The first-order valence-corrected chi connectivity index (χ1v) is 8.82. The molecule has 5 nitrogen and oxygen atoms in total. The van der Waals surface area contributed by atoms with Crippen molar-refractivity contribution in [1.82, 2.24) is 4.90 Å². The van der Waals surface area contributed by atoms with E-state index in [-0.39, 0.29) is 16.2 Å². The summed E-state index contributed by atoms with van der Waals surface area (Å²) in [5.41, 5.74) is 0.714. The van der Waals surface area contributed by atoms with Gasteiger partial charge in [0.25, 0.3) is 0 Å². The van der Waals surface area contributed by atoms with Crippen LogP contribution in [0, 0.1) is 0 Å². The number of hydrogen-bond donors (Lipinski definition) is 1. The van der Waals surface area contributed by atoms with Crippen molar-refractivity contribution < 1.29 is 18.3 Å². The molecule has 0 bridgehead atoms. The van der Waals surface area contributed by atoms with Gasteiger partial charge in [-0.3, -0.25) is 0 Å². The average Bonchev–Trinajstić information content (AvgIpc) is 2.47. The maximum Gasteiger partial charge on any atom is 0.336 e. The summed E-state index contributed by atoms with van der Waals surface area (Å²) in [5.74, 6) is -1.09. The number of aryl methyl sites for hydroxylation is 1. The Morgan fingerprint density at radius 1 is 1.19 bits per heavy atom. The first kappa shape index (κ1) is 17.7. The summed E-state index contributed by atoms with van der Waals surface area (Å²) in [7, 11) is -3.46. The van der Waals surface area contributed by atoms with Crippen LogP contribution in [0.15, 0.2) is 23.1 Å². The van der Waals surface area contributed by atoms with Gasteiger partial charge in [0.1, 0.15) is 0 Å². The predicted molar refractivity (Wildman–Crippen MR) is 82.6 cm³/mol. The molecule has 0 aliphatic heterocycles. The van der Waals surface area contributed by atoms with E-state index in [1.807, 2.05) is 25.7 Å². The van der Waals surface area contributed by atoms with Crippen LogP contribution in [-0.4, -0.2) is 49.8 Å². The highest BCUT2D eigenvalue weighted by molar-refractivity contribution is 7.91. The van der Waals surface area contributed by atoms with Crippen molar-refractivity contribution in [3.63, 3.8) is 0 Å². The molecule has 0 unspecified atom stereocenters. The summed E-state index contributed by atoms with van der Waals surface area (Å²) in [6.45, 7) is 7.84. The van der Waals surface area contributed by atoms with Crippen molar-refractivity contribution in [1.29, 1.82) is 0 Å². The normalized spacial score (nSPS) is 11.8. The van der Waals surface area contributed by atoms with Crippen molar-refractivity contribution in [3.8, 4) is 0 Å². The first-order chi connectivity index (χ1) is 9.85. The molecule has 0 fully saturated rings. The van der Waals surface area contributed by atoms with Crippen LogP contribution in [0.4, 0.5) is 0 Å². The molecule has 0 aliphatic carbocycles. The van der Waals surface area contributed by atoms with Gasteiger partial charge >= 0.3 is 5.97 Å². The van der Waals surface area contributed by atoms with E-state index in [1.165, 1.54) is 12.1 Å². The molecule has 21 heavy (non-hydrogen) atoms. The molecule has 0 saturated carbocycles. The number of rotatable bonds is 8. The van der Waals surface area contributed by atoms with Gasteiger partial charge in [-0.25, -0.2) is 13.2 Å². The van der Waals surface area contributed by atoms with Crippen molar-refractivity contribution in [2.24, 2.45) is 0 Å². The van der Waals surface area contributed by atoms with E-state index in [2.05, 4.69) is 0 Å². The molecule has 6 heteroatoms. The molecular weight excluding hydrogens is 290 g/mol. The lowest BCUT2D eigenvalue weighted by molar-refractivity contribution is 0.0695. The van der Waals surface area contributed by atoms with Crippen molar-refractivity contribution in [3.05, 3.63) is 29.3 Å². The van der Waals surface area contributed by atoms with Crippen LogP contribution in [0.5, 0.6) is 0 Å². The summed E-state index contributed by atoms with van der Waals surface area (Å²) < 4.78 is 24.6. The summed E-state index contributed by atoms with van der Waals surface area (Å²) in [6, 6.07) is 4.37. The fourth-order valence-electron chi connectivity index (χ4n) is 2.16. The molecule has 1 aromatic rings. The number of carbonyl (C=O) groups is 1. The van der Waals surface area contributed by atoms with E-state index in [0.717, 1.165) is 13.1 Å². The molecule has 0 saturated heterocycles. The summed E-state index contributed by atoms with van der Waals surface area (Å²) in [6.07, 6.45) is 0.557. The zero-order chi connectivity index (χ0) is 16.0. The van der Waals surface area contributed by atoms with Crippen molar-refractivity contribution in [2.45, 2.75) is 32.1 Å². The van der Waals surface area contributed by atoms with Crippen LogP contribution in [0.2, 0.25) is 0 Å². The number of sulfone groups is 1. The number of carboxylic acids is 1. The Kier molecular flexibility index (Phi) is 6.36. The van der Waals surface area contributed by atoms with Crippen LogP contribution in [0.1, 0.15) is 36.7 Å². The highest BCUT2D eigenvalue weighted by atomic mass is 32.2. The number of nitrogens with zero attached hydrogens (tertiary/aromatic N) is 1. The fourth-order valence-corrected chi connectivity index (χ4v) is 3.47. The van der Waals surface area contributed by atoms with Gasteiger partial charge in [-0.1, -0.05) is 26.8 Å². The third kappa shape index (κ3) is 4.54. The zero-order valence-corrected chi connectivity index (χ0v) is 13.6. The summed E-state index contributed by atoms with van der Waals surface area (Å²) in [5, 5.41) is 9.18. The average molecular weight is 313 g/mol. The van der Waals surface area contributed by atoms with Crippen molar-refractivity contribution in [2.75, 3.05) is 25.4 Å². The Labute approximate surface area is 126 Å². The zero-order valence-electron chi connectivity index (χ0n) is 12.8. The van der Waals surface area contributed by atoms with Gasteiger partial charge in [0.15, 0.2) is 9.84 Å². The predicted octanol–water partition coefficient (Wildman–Crippen LogP) is 2.06. The maximum absolute atomic E-state index is 12.3. The Bertz CT molecular complexity index is 592. The second-order valence-electron chi connectivity index (χ2n) is 4.82. The van der Waals surface area contributed by atoms with Crippen LogP contribution in [-0.2, 0) is 16.3 Å². The number of hydrogen-bond acceptors (Lipinski definition) is 4. The number of benzene rings is 1. The third-order valence-electron chi connectivity index (χ3n) is 3.62. The Hall–Kier alpha value is -1.40. The third-order valence-corrected chi connectivity index (χ3v) is 5.31. The van der Waals surface area contributed by atoms with E-state index in [4.69, 9.17) is 0 Å².